The highest BCUT2D eigenvalue weighted by atomic mass is 19.1. The lowest BCUT2D eigenvalue weighted by Crippen LogP contribution is -2.27. The number of primary amides is 1. The van der Waals surface area contributed by atoms with Crippen molar-refractivity contribution in [2.24, 2.45) is 5.73 Å². The number of methoxy groups -OCH3 is 1. The molecule has 0 fully saturated rings. The maximum atomic E-state index is 13.1. The Kier molecular flexibility index (Phi) is 5.71. The van der Waals surface area contributed by atoms with Gasteiger partial charge in [0.1, 0.15) is 11.6 Å². The number of carbonyl (C=O) groups excluding carboxylic acids is 1. The van der Waals surface area contributed by atoms with E-state index in [2.05, 4.69) is 4.98 Å². The number of hydrogen-bond acceptors (Lipinski definition) is 5. The monoisotopic (exact) mass is 369 g/mol. The van der Waals surface area contributed by atoms with E-state index in [0.29, 0.717) is 24.7 Å². The third-order valence-corrected chi connectivity index (χ3v) is 4.07. The number of halogens is 1. The average molecular weight is 369 g/mol. The van der Waals surface area contributed by atoms with Gasteiger partial charge in [0.25, 0.3) is 0 Å². The fraction of sp³-hybridized carbons (Fsp3) is 0.200. The summed E-state index contributed by atoms with van der Waals surface area (Å²) in [7, 11) is 1.60. The Morgan fingerprint density at radius 2 is 1.89 bits per heavy atom. The Morgan fingerprint density at radius 3 is 2.52 bits per heavy atom. The third-order valence-electron chi connectivity index (χ3n) is 4.07. The summed E-state index contributed by atoms with van der Waals surface area (Å²) < 4.78 is 24.0. The molecule has 0 saturated carbocycles. The Labute approximate surface area is 156 Å². The maximum Gasteiger partial charge on any atom is 0.219 e. The topological polar surface area (TPSA) is 81.6 Å². The molecule has 6 nitrogen and oxygen atoms in total. The molecule has 27 heavy (non-hydrogen) atoms. The van der Waals surface area contributed by atoms with Gasteiger partial charge < -0.3 is 19.8 Å². The van der Waals surface area contributed by atoms with Crippen molar-refractivity contribution < 1.29 is 18.3 Å². The van der Waals surface area contributed by atoms with E-state index < -0.39 is 0 Å². The molecule has 3 rings (SSSR count). The smallest absolute Gasteiger partial charge is 0.219 e. The van der Waals surface area contributed by atoms with E-state index in [4.69, 9.17) is 14.9 Å². The summed E-state index contributed by atoms with van der Waals surface area (Å²) >= 11 is 0. The second-order valence-corrected chi connectivity index (χ2v) is 5.96. The van der Waals surface area contributed by atoms with Crippen molar-refractivity contribution in [3.63, 3.8) is 0 Å². The van der Waals surface area contributed by atoms with Crippen LogP contribution in [0.5, 0.6) is 5.75 Å². The first-order valence-corrected chi connectivity index (χ1v) is 8.43. The molecule has 0 aliphatic rings. The van der Waals surface area contributed by atoms with Gasteiger partial charge in [0.15, 0.2) is 5.76 Å². The summed E-state index contributed by atoms with van der Waals surface area (Å²) in [6.45, 7) is 0.788. The standard InChI is InChI=1S/C20H20FN3O3/c1-26-17-8-6-16(7-9-17)24(11-10-19(22)25)13-20-23-12-18(27-20)14-2-4-15(21)5-3-14/h2-9,12H,10-11,13H2,1H3,(H2,22,25). The van der Waals surface area contributed by atoms with Gasteiger partial charge >= 0.3 is 0 Å². The van der Waals surface area contributed by atoms with Crippen molar-refractivity contribution in [1.82, 2.24) is 4.98 Å². The fourth-order valence-electron chi connectivity index (χ4n) is 2.63. The van der Waals surface area contributed by atoms with Crippen LogP contribution in [-0.2, 0) is 11.3 Å². The average Bonchev–Trinajstić information content (AvgIpc) is 3.14. The summed E-state index contributed by atoms with van der Waals surface area (Å²) in [6, 6.07) is 13.5. The second kappa shape index (κ2) is 8.35. The van der Waals surface area contributed by atoms with Crippen LogP contribution in [0.1, 0.15) is 12.3 Å². The highest BCUT2D eigenvalue weighted by molar-refractivity contribution is 5.74. The minimum Gasteiger partial charge on any atom is -0.497 e. The van der Waals surface area contributed by atoms with Crippen LogP contribution in [0.4, 0.5) is 10.1 Å². The van der Waals surface area contributed by atoms with Gasteiger partial charge in [-0.05, 0) is 48.5 Å². The highest BCUT2D eigenvalue weighted by Crippen LogP contribution is 2.24. The van der Waals surface area contributed by atoms with Crippen molar-refractivity contribution in [1.29, 1.82) is 0 Å². The highest BCUT2D eigenvalue weighted by Gasteiger charge is 2.14. The van der Waals surface area contributed by atoms with E-state index in [0.717, 1.165) is 17.0 Å². The predicted octanol–water partition coefficient (Wildman–Crippen LogP) is 3.37. The van der Waals surface area contributed by atoms with Gasteiger partial charge in [0.2, 0.25) is 11.8 Å². The number of anilines is 1. The number of oxazole rings is 1. The van der Waals surface area contributed by atoms with Crippen LogP contribution in [0.3, 0.4) is 0 Å². The Balaban J connectivity index is 1.78. The molecule has 2 N–H and O–H groups in total. The number of rotatable bonds is 8. The summed E-state index contributed by atoms with van der Waals surface area (Å²) in [5.41, 5.74) is 6.92. The van der Waals surface area contributed by atoms with Crippen molar-refractivity contribution in [3.8, 4) is 17.1 Å². The van der Waals surface area contributed by atoms with E-state index in [1.54, 1.807) is 25.4 Å². The SMILES string of the molecule is COc1ccc(N(CCC(N)=O)Cc2ncc(-c3ccc(F)cc3)o2)cc1. The second-order valence-electron chi connectivity index (χ2n) is 5.96. The van der Waals surface area contributed by atoms with Crippen molar-refractivity contribution >= 4 is 11.6 Å². The summed E-state index contributed by atoms with van der Waals surface area (Å²) in [4.78, 5) is 17.5. The van der Waals surface area contributed by atoms with Crippen LogP contribution >= 0.6 is 0 Å². The predicted molar refractivity (Wildman–Crippen MR) is 99.8 cm³/mol. The normalized spacial score (nSPS) is 10.6. The summed E-state index contributed by atoms with van der Waals surface area (Å²) in [6.07, 6.45) is 1.81. The van der Waals surface area contributed by atoms with Crippen molar-refractivity contribution in [2.75, 3.05) is 18.6 Å². The number of nitrogens with two attached hydrogens (primary N) is 1. The van der Waals surface area contributed by atoms with Gasteiger partial charge in [0.05, 0.1) is 19.9 Å². The summed E-state index contributed by atoms with van der Waals surface area (Å²) in [5.74, 6) is 1.08. The first kappa shape index (κ1) is 18.4. The number of amides is 1. The molecule has 7 heteroatoms. The number of benzene rings is 2. The number of aromatic nitrogens is 1. The molecule has 2 aromatic carbocycles. The lowest BCUT2D eigenvalue weighted by molar-refractivity contribution is -0.117. The molecule has 0 aliphatic heterocycles. The Bertz CT molecular complexity index is 892. The van der Waals surface area contributed by atoms with E-state index in [-0.39, 0.29) is 18.1 Å². The quantitative estimate of drug-likeness (QED) is 0.658. The molecule has 140 valence electrons. The lowest BCUT2D eigenvalue weighted by atomic mass is 10.2. The van der Waals surface area contributed by atoms with Gasteiger partial charge in [-0.1, -0.05) is 0 Å². The molecule has 0 radical (unpaired) electrons. The zero-order valence-electron chi connectivity index (χ0n) is 14.9. The molecule has 0 atom stereocenters. The molecule has 1 aromatic heterocycles. The summed E-state index contributed by atoms with van der Waals surface area (Å²) in [5, 5.41) is 0. The third kappa shape index (κ3) is 4.84. The van der Waals surface area contributed by atoms with Crippen molar-refractivity contribution in [2.45, 2.75) is 13.0 Å². The lowest BCUT2D eigenvalue weighted by Gasteiger charge is -2.23. The zero-order chi connectivity index (χ0) is 19.2. The van der Waals surface area contributed by atoms with Crippen LogP contribution in [0, 0.1) is 5.82 Å². The van der Waals surface area contributed by atoms with Gasteiger partial charge in [-0.25, -0.2) is 9.37 Å². The first-order chi connectivity index (χ1) is 13.0. The van der Waals surface area contributed by atoms with Gasteiger partial charge in [-0.2, -0.15) is 0 Å². The van der Waals surface area contributed by atoms with Crippen LogP contribution in [0.15, 0.2) is 59.1 Å². The van der Waals surface area contributed by atoms with Crippen LogP contribution < -0.4 is 15.4 Å². The van der Waals surface area contributed by atoms with E-state index in [1.165, 1.54) is 12.1 Å². The molecule has 0 spiro atoms. The Morgan fingerprint density at radius 1 is 1.19 bits per heavy atom. The molecule has 1 heterocycles. The molecule has 0 unspecified atom stereocenters. The van der Waals surface area contributed by atoms with Crippen LogP contribution in [0.2, 0.25) is 0 Å². The maximum absolute atomic E-state index is 13.1. The van der Waals surface area contributed by atoms with E-state index >= 15 is 0 Å². The van der Waals surface area contributed by atoms with E-state index in [1.807, 2.05) is 29.2 Å². The minimum absolute atomic E-state index is 0.206. The fourth-order valence-corrected chi connectivity index (χ4v) is 2.63. The molecular formula is C20H20FN3O3. The number of ether oxygens (including phenoxy) is 1. The zero-order valence-corrected chi connectivity index (χ0v) is 14.9. The minimum atomic E-state index is -0.382. The van der Waals surface area contributed by atoms with Gasteiger partial charge in [-0.3, -0.25) is 4.79 Å². The molecule has 0 saturated heterocycles. The largest absolute Gasteiger partial charge is 0.497 e. The number of carbonyl (C=O) groups is 1. The van der Waals surface area contributed by atoms with Crippen LogP contribution in [0.25, 0.3) is 11.3 Å². The van der Waals surface area contributed by atoms with E-state index in [9.17, 15) is 9.18 Å². The molecule has 1 amide bonds. The Hall–Kier alpha value is -3.35. The number of nitrogens with zero attached hydrogens (tertiary/aromatic N) is 2. The first-order valence-electron chi connectivity index (χ1n) is 8.43. The number of hydrogen-bond donors (Lipinski definition) is 1. The van der Waals surface area contributed by atoms with Crippen LogP contribution in [-0.4, -0.2) is 24.5 Å². The molecule has 0 aliphatic carbocycles. The molecular weight excluding hydrogens is 349 g/mol. The molecule has 3 aromatic rings. The van der Waals surface area contributed by atoms with Gasteiger partial charge in [0, 0.05) is 24.2 Å². The van der Waals surface area contributed by atoms with Crippen molar-refractivity contribution in [3.05, 3.63) is 66.4 Å². The van der Waals surface area contributed by atoms with Gasteiger partial charge in [-0.15, -0.1) is 0 Å². The molecule has 0 bridgehead atoms.